The van der Waals surface area contributed by atoms with Crippen molar-refractivity contribution in [2.45, 2.75) is 19.4 Å². The molecule has 0 spiro atoms. The van der Waals surface area contributed by atoms with E-state index in [0.29, 0.717) is 6.61 Å². The summed E-state index contributed by atoms with van der Waals surface area (Å²) in [4.78, 5) is 3.21. The molecular weight excluding hydrogens is 260 g/mol. The summed E-state index contributed by atoms with van der Waals surface area (Å²) in [6.07, 6.45) is 2.65. The summed E-state index contributed by atoms with van der Waals surface area (Å²) in [5, 5.41) is 0. The van der Waals surface area contributed by atoms with Crippen LogP contribution < -0.4 is 4.74 Å². The van der Waals surface area contributed by atoms with Gasteiger partial charge >= 0.3 is 0 Å². The lowest BCUT2D eigenvalue weighted by molar-refractivity contribution is 0.117. The van der Waals surface area contributed by atoms with E-state index in [1.165, 1.54) is 12.8 Å². The molecule has 1 aliphatic rings. The second-order valence-electron chi connectivity index (χ2n) is 4.95. The minimum atomic E-state index is 0.703. The first kappa shape index (κ1) is 12.7. The number of benzene rings is 1. The van der Waals surface area contributed by atoms with Gasteiger partial charge in [-0.3, -0.25) is 0 Å². The Labute approximate surface area is 117 Å². The standard InChI is InChI=1S/C14H18N2O2S/c1-17-12-4-2-3-11-13(12)15-14(19)16(11)7-8-18-9-10-5-6-10/h2-4,10H,5-9H2,1H3,(H,15,19). The largest absolute Gasteiger partial charge is 0.494 e. The molecule has 0 amide bonds. The maximum atomic E-state index is 5.68. The first-order valence-corrected chi connectivity index (χ1v) is 7.03. The van der Waals surface area contributed by atoms with E-state index in [4.69, 9.17) is 21.7 Å². The fraction of sp³-hybridized carbons (Fsp3) is 0.500. The maximum absolute atomic E-state index is 5.68. The molecule has 0 aliphatic heterocycles. The molecule has 3 rings (SSSR count). The van der Waals surface area contributed by atoms with Gasteiger partial charge in [0.2, 0.25) is 0 Å². The van der Waals surface area contributed by atoms with Crippen LogP contribution in [0.25, 0.3) is 11.0 Å². The van der Waals surface area contributed by atoms with Crippen LogP contribution >= 0.6 is 12.2 Å². The molecule has 1 heterocycles. The fourth-order valence-corrected chi connectivity index (χ4v) is 2.53. The minimum absolute atomic E-state index is 0.703. The Morgan fingerprint density at radius 1 is 1.42 bits per heavy atom. The molecule has 1 aliphatic carbocycles. The van der Waals surface area contributed by atoms with Crippen molar-refractivity contribution in [1.82, 2.24) is 9.55 Å². The first-order valence-electron chi connectivity index (χ1n) is 6.63. The number of methoxy groups -OCH3 is 1. The van der Waals surface area contributed by atoms with Gasteiger partial charge in [-0.05, 0) is 43.1 Å². The third-order valence-corrected chi connectivity index (χ3v) is 3.82. The Kier molecular flexibility index (Phi) is 3.57. The second-order valence-corrected chi connectivity index (χ2v) is 5.34. The van der Waals surface area contributed by atoms with Gasteiger partial charge in [0.1, 0.15) is 11.3 Å². The Balaban J connectivity index is 1.77. The molecule has 1 aromatic heterocycles. The average molecular weight is 278 g/mol. The molecule has 5 heteroatoms. The number of ether oxygens (including phenoxy) is 2. The number of hydrogen-bond acceptors (Lipinski definition) is 3. The molecular formula is C14H18N2O2S. The number of nitrogens with one attached hydrogen (secondary N) is 1. The summed E-state index contributed by atoms with van der Waals surface area (Å²) >= 11 is 5.37. The summed E-state index contributed by atoms with van der Waals surface area (Å²) in [6.45, 7) is 2.37. The van der Waals surface area contributed by atoms with E-state index >= 15 is 0 Å². The predicted octanol–water partition coefficient (Wildman–Crippen LogP) is 3.13. The number of aromatic amines is 1. The zero-order chi connectivity index (χ0) is 13.2. The molecule has 19 heavy (non-hydrogen) atoms. The third-order valence-electron chi connectivity index (χ3n) is 3.50. The molecule has 0 bridgehead atoms. The Morgan fingerprint density at radius 3 is 3.00 bits per heavy atom. The average Bonchev–Trinajstić information content (AvgIpc) is 3.18. The molecule has 1 N–H and O–H groups in total. The first-order chi connectivity index (χ1) is 9.29. The van der Waals surface area contributed by atoms with E-state index in [0.717, 1.165) is 40.6 Å². The fourth-order valence-electron chi connectivity index (χ4n) is 2.24. The van der Waals surface area contributed by atoms with Gasteiger partial charge in [-0.25, -0.2) is 0 Å². The third kappa shape index (κ3) is 2.67. The van der Waals surface area contributed by atoms with Gasteiger partial charge in [0.25, 0.3) is 0 Å². The lowest BCUT2D eigenvalue weighted by Gasteiger charge is -2.06. The van der Waals surface area contributed by atoms with Crippen LogP contribution in [0.2, 0.25) is 0 Å². The van der Waals surface area contributed by atoms with Crippen LogP contribution in [0, 0.1) is 10.7 Å². The highest BCUT2D eigenvalue weighted by molar-refractivity contribution is 7.71. The molecule has 1 fully saturated rings. The molecule has 0 radical (unpaired) electrons. The Morgan fingerprint density at radius 2 is 2.26 bits per heavy atom. The summed E-state index contributed by atoms with van der Waals surface area (Å²) in [5.74, 6) is 1.62. The van der Waals surface area contributed by atoms with Gasteiger partial charge in [0.15, 0.2) is 4.77 Å². The molecule has 2 aromatic rings. The zero-order valence-electron chi connectivity index (χ0n) is 11.0. The molecule has 0 atom stereocenters. The quantitative estimate of drug-likeness (QED) is 0.652. The van der Waals surface area contributed by atoms with E-state index in [1.807, 2.05) is 18.2 Å². The van der Waals surface area contributed by atoms with E-state index < -0.39 is 0 Å². The van der Waals surface area contributed by atoms with Crippen molar-refractivity contribution in [3.63, 3.8) is 0 Å². The summed E-state index contributed by atoms with van der Waals surface area (Å²) in [6, 6.07) is 5.96. The Bertz CT molecular complexity index is 628. The van der Waals surface area contributed by atoms with Crippen molar-refractivity contribution in [3.05, 3.63) is 23.0 Å². The molecule has 1 aromatic carbocycles. The lowest BCUT2D eigenvalue weighted by Crippen LogP contribution is -2.07. The number of para-hydroxylation sites is 1. The normalized spacial score (nSPS) is 15.0. The summed E-state index contributed by atoms with van der Waals surface area (Å²) in [7, 11) is 1.67. The predicted molar refractivity (Wildman–Crippen MR) is 77.2 cm³/mol. The van der Waals surface area contributed by atoms with Gasteiger partial charge in [0.05, 0.1) is 19.2 Å². The van der Waals surface area contributed by atoms with E-state index in [1.54, 1.807) is 7.11 Å². The van der Waals surface area contributed by atoms with Crippen LogP contribution in [-0.2, 0) is 11.3 Å². The highest BCUT2D eigenvalue weighted by atomic mass is 32.1. The van der Waals surface area contributed by atoms with Crippen LogP contribution in [0.3, 0.4) is 0 Å². The SMILES string of the molecule is COc1cccc2c1[nH]c(=S)n2CCOCC1CC1. The number of H-pyrrole nitrogens is 1. The molecule has 4 nitrogen and oxygen atoms in total. The summed E-state index contributed by atoms with van der Waals surface area (Å²) < 4.78 is 13.8. The number of aromatic nitrogens is 2. The monoisotopic (exact) mass is 278 g/mol. The van der Waals surface area contributed by atoms with Crippen LogP contribution in [0.5, 0.6) is 5.75 Å². The lowest BCUT2D eigenvalue weighted by atomic mass is 10.3. The number of hydrogen-bond donors (Lipinski definition) is 1. The van der Waals surface area contributed by atoms with Crippen LogP contribution in [-0.4, -0.2) is 29.9 Å². The summed E-state index contributed by atoms with van der Waals surface area (Å²) in [5.41, 5.74) is 2.02. The second kappa shape index (κ2) is 5.35. The minimum Gasteiger partial charge on any atom is -0.494 e. The van der Waals surface area contributed by atoms with E-state index in [-0.39, 0.29) is 0 Å². The zero-order valence-corrected chi connectivity index (χ0v) is 11.8. The van der Waals surface area contributed by atoms with Gasteiger partial charge < -0.3 is 19.0 Å². The van der Waals surface area contributed by atoms with Gasteiger partial charge in [-0.15, -0.1) is 0 Å². The number of imidazole rings is 1. The van der Waals surface area contributed by atoms with Crippen molar-refractivity contribution < 1.29 is 9.47 Å². The van der Waals surface area contributed by atoms with Crippen molar-refractivity contribution >= 4 is 23.3 Å². The van der Waals surface area contributed by atoms with Crippen LogP contribution in [0.4, 0.5) is 0 Å². The highest BCUT2D eigenvalue weighted by Crippen LogP contribution is 2.29. The van der Waals surface area contributed by atoms with Crippen molar-refractivity contribution in [1.29, 1.82) is 0 Å². The molecule has 1 saturated carbocycles. The van der Waals surface area contributed by atoms with Gasteiger partial charge in [0, 0.05) is 13.2 Å². The highest BCUT2D eigenvalue weighted by Gasteiger charge is 2.21. The molecule has 0 unspecified atom stereocenters. The van der Waals surface area contributed by atoms with Gasteiger partial charge in [-0.1, -0.05) is 6.07 Å². The maximum Gasteiger partial charge on any atom is 0.178 e. The van der Waals surface area contributed by atoms with Crippen LogP contribution in [0.1, 0.15) is 12.8 Å². The van der Waals surface area contributed by atoms with Gasteiger partial charge in [-0.2, -0.15) is 0 Å². The van der Waals surface area contributed by atoms with E-state index in [9.17, 15) is 0 Å². The van der Waals surface area contributed by atoms with E-state index in [2.05, 4.69) is 9.55 Å². The number of nitrogens with zero attached hydrogens (tertiary/aromatic N) is 1. The topological polar surface area (TPSA) is 39.2 Å². The number of fused-ring (bicyclic) bond motifs is 1. The van der Waals surface area contributed by atoms with Crippen molar-refractivity contribution in [2.75, 3.05) is 20.3 Å². The molecule has 102 valence electrons. The van der Waals surface area contributed by atoms with Crippen molar-refractivity contribution in [2.24, 2.45) is 5.92 Å². The van der Waals surface area contributed by atoms with Crippen LogP contribution in [0.15, 0.2) is 18.2 Å². The molecule has 0 saturated heterocycles. The number of rotatable bonds is 6. The van der Waals surface area contributed by atoms with Crippen molar-refractivity contribution in [3.8, 4) is 5.75 Å². The Hall–Kier alpha value is -1.33. The smallest absolute Gasteiger partial charge is 0.178 e.